The molecule has 6 nitrogen and oxygen atoms in total. The molecule has 1 amide bonds. The summed E-state index contributed by atoms with van der Waals surface area (Å²) in [4.78, 5) is 23.1. The molecule has 0 bridgehead atoms. The van der Waals surface area contributed by atoms with Gasteiger partial charge in [0.25, 0.3) is 0 Å². The van der Waals surface area contributed by atoms with Gasteiger partial charge in [-0.3, -0.25) is 9.59 Å². The van der Waals surface area contributed by atoms with Crippen LogP contribution in [0.2, 0.25) is 0 Å². The maximum atomic E-state index is 12.1. The molecule has 0 aromatic heterocycles. The number of nitrogens with zero attached hydrogens (tertiary/aromatic N) is 1. The molecule has 0 aliphatic carbocycles. The van der Waals surface area contributed by atoms with Gasteiger partial charge in [0, 0.05) is 13.0 Å². The van der Waals surface area contributed by atoms with Crippen molar-refractivity contribution in [3.63, 3.8) is 0 Å². The highest BCUT2D eigenvalue weighted by atomic mass is 16.5. The molecular formula is C23H45N2O4+. The number of nitrogens with one attached hydrogen (secondary N) is 1. The number of carboxylic acid groups (broad SMARTS) is 1. The molecule has 0 aromatic carbocycles. The number of rotatable bonds is 16. The van der Waals surface area contributed by atoms with Gasteiger partial charge in [0.05, 0.1) is 20.5 Å². The van der Waals surface area contributed by atoms with Crippen LogP contribution >= 0.6 is 0 Å². The first-order chi connectivity index (χ1) is 13.8. The fraction of sp³-hybridized carbons (Fsp3) is 0.913. The predicted octanol–water partition coefficient (Wildman–Crippen LogP) is 4.12. The van der Waals surface area contributed by atoms with Crippen LogP contribution in [0.1, 0.15) is 90.4 Å². The van der Waals surface area contributed by atoms with E-state index in [2.05, 4.69) is 26.3 Å². The van der Waals surface area contributed by atoms with Crippen molar-refractivity contribution < 1.29 is 23.9 Å². The van der Waals surface area contributed by atoms with Crippen molar-refractivity contribution in [2.45, 2.75) is 103 Å². The lowest BCUT2D eigenvalue weighted by Gasteiger charge is -2.41. The van der Waals surface area contributed by atoms with Crippen LogP contribution in [0, 0.1) is 0 Å². The van der Waals surface area contributed by atoms with Crippen molar-refractivity contribution in [1.29, 1.82) is 0 Å². The van der Waals surface area contributed by atoms with Crippen LogP contribution in [-0.4, -0.2) is 67.4 Å². The number of ether oxygens (including phenoxy) is 1. The van der Waals surface area contributed by atoms with E-state index in [1.165, 1.54) is 57.8 Å². The largest absolute Gasteiger partial charge is 0.481 e. The lowest BCUT2D eigenvalue weighted by atomic mass is 10.1. The lowest BCUT2D eigenvalue weighted by Crippen LogP contribution is -2.59. The Morgan fingerprint density at radius 1 is 0.897 bits per heavy atom. The maximum Gasteiger partial charge on any atom is 0.306 e. The Bertz CT molecular complexity index is 468. The quantitative estimate of drug-likeness (QED) is 0.295. The summed E-state index contributed by atoms with van der Waals surface area (Å²) in [5.74, 6) is -0.758. The second-order valence-electron chi connectivity index (χ2n) is 9.37. The number of morpholine rings is 1. The molecule has 2 N–H and O–H groups in total. The van der Waals surface area contributed by atoms with Gasteiger partial charge >= 0.3 is 5.97 Å². The molecule has 0 radical (unpaired) electrons. The molecular weight excluding hydrogens is 368 g/mol. The van der Waals surface area contributed by atoms with E-state index in [1.807, 2.05) is 0 Å². The standard InChI is InChI=1S/C23H44N2O4/c1-4-5-6-7-8-9-10-11-12-13-14-15-22(26)24-17-21-19-25(2,3)18-20(29-21)16-23(27)28/h20-21H,4-19H2,1-3H3,(H-,24,26,27,28)/p+1/t20-,21-/m0/s1. The fourth-order valence-electron chi connectivity index (χ4n) is 4.22. The van der Waals surface area contributed by atoms with Gasteiger partial charge in [0.15, 0.2) is 0 Å². The molecule has 170 valence electrons. The van der Waals surface area contributed by atoms with Gasteiger partial charge in [0.2, 0.25) is 5.91 Å². The van der Waals surface area contributed by atoms with Crippen LogP contribution in [0.5, 0.6) is 0 Å². The van der Waals surface area contributed by atoms with E-state index in [9.17, 15) is 9.59 Å². The van der Waals surface area contributed by atoms with Gasteiger partial charge in [0.1, 0.15) is 25.3 Å². The summed E-state index contributed by atoms with van der Waals surface area (Å²) in [6, 6.07) is 0. The number of carbonyl (C=O) groups is 2. The number of hydrogen-bond acceptors (Lipinski definition) is 3. The van der Waals surface area contributed by atoms with Gasteiger partial charge in [-0.2, -0.15) is 0 Å². The van der Waals surface area contributed by atoms with Crippen LogP contribution < -0.4 is 5.32 Å². The van der Waals surface area contributed by atoms with Gasteiger partial charge < -0.3 is 19.6 Å². The summed E-state index contributed by atoms with van der Waals surface area (Å²) in [5.41, 5.74) is 0. The van der Waals surface area contributed by atoms with Gasteiger partial charge in [-0.25, -0.2) is 0 Å². The average molecular weight is 414 g/mol. The first kappa shape index (κ1) is 25.9. The third-order valence-corrected chi connectivity index (χ3v) is 5.72. The highest BCUT2D eigenvalue weighted by molar-refractivity contribution is 5.75. The first-order valence-electron chi connectivity index (χ1n) is 11.8. The first-order valence-corrected chi connectivity index (χ1v) is 11.8. The number of amides is 1. The molecule has 29 heavy (non-hydrogen) atoms. The zero-order chi connectivity index (χ0) is 21.5. The molecule has 0 spiro atoms. The summed E-state index contributed by atoms with van der Waals surface area (Å²) < 4.78 is 6.60. The van der Waals surface area contributed by atoms with Crippen molar-refractivity contribution in [3.05, 3.63) is 0 Å². The minimum Gasteiger partial charge on any atom is -0.481 e. The SMILES string of the molecule is CCCCCCCCCCCCCC(=O)NC[C@H]1C[N+](C)(C)C[C@H](CC(=O)O)O1. The number of unbranched alkanes of at least 4 members (excludes halogenated alkanes) is 10. The Morgan fingerprint density at radius 2 is 1.41 bits per heavy atom. The lowest BCUT2D eigenvalue weighted by molar-refractivity contribution is -0.905. The van der Waals surface area contributed by atoms with Gasteiger partial charge in [-0.05, 0) is 6.42 Å². The average Bonchev–Trinajstić information content (AvgIpc) is 2.62. The summed E-state index contributed by atoms with van der Waals surface area (Å²) in [6.45, 7) is 4.20. The van der Waals surface area contributed by atoms with Gasteiger partial charge in [-0.15, -0.1) is 0 Å². The molecule has 1 rings (SSSR count). The summed E-state index contributed by atoms with van der Waals surface area (Å²) in [5, 5.41) is 12.0. The van der Waals surface area contributed by atoms with Gasteiger partial charge in [-0.1, -0.05) is 71.1 Å². The van der Waals surface area contributed by atoms with E-state index in [0.29, 0.717) is 19.5 Å². The van der Waals surface area contributed by atoms with Crippen LogP contribution in [0.3, 0.4) is 0 Å². The van der Waals surface area contributed by atoms with E-state index in [0.717, 1.165) is 23.9 Å². The van der Waals surface area contributed by atoms with Crippen molar-refractivity contribution >= 4 is 11.9 Å². The molecule has 0 aromatic rings. The van der Waals surface area contributed by atoms with Crippen LogP contribution in [0.25, 0.3) is 0 Å². The zero-order valence-electron chi connectivity index (χ0n) is 19.1. The highest BCUT2D eigenvalue weighted by Crippen LogP contribution is 2.18. The number of hydrogen-bond donors (Lipinski definition) is 2. The Labute approximate surface area is 178 Å². The van der Waals surface area contributed by atoms with Crippen molar-refractivity contribution in [2.75, 3.05) is 33.7 Å². The van der Waals surface area contributed by atoms with E-state index >= 15 is 0 Å². The molecule has 1 aliphatic rings. The molecule has 0 unspecified atom stereocenters. The number of carboxylic acids is 1. The highest BCUT2D eigenvalue weighted by Gasteiger charge is 2.35. The molecule has 2 atom stereocenters. The van der Waals surface area contributed by atoms with E-state index < -0.39 is 5.97 Å². The Balaban J connectivity index is 2.05. The fourth-order valence-corrected chi connectivity index (χ4v) is 4.22. The van der Waals surface area contributed by atoms with E-state index in [-0.39, 0.29) is 24.5 Å². The minimum atomic E-state index is -0.837. The molecule has 1 aliphatic heterocycles. The molecule has 1 heterocycles. The summed E-state index contributed by atoms with van der Waals surface area (Å²) in [6.07, 6.45) is 14.2. The Morgan fingerprint density at radius 3 is 1.97 bits per heavy atom. The zero-order valence-corrected chi connectivity index (χ0v) is 19.1. The third-order valence-electron chi connectivity index (χ3n) is 5.72. The van der Waals surface area contributed by atoms with Crippen LogP contribution in [0.15, 0.2) is 0 Å². The Kier molecular flexibility index (Phi) is 13.2. The smallest absolute Gasteiger partial charge is 0.306 e. The normalized spacial score (nSPS) is 21.1. The van der Waals surface area contributed by atoms with E-state index in [4.69, 9.17) is 9.84 Å². The molecule has 0 saturated carbocycles. The maximum absolute atomic E-state index is 12.1. The minimum absolute atomic E-state index is 0.0187. The second-order valence-corrected chi connectivity index (χ2v) is 9.37. The van der Waals surface area contributed by atoms with Crippen molar-refractivity contribution in [3.8, 4) is 0 Å². The number of quaternary nitrogens is 1. The molecule has 1 saturated heterocycles. The third kappa shape index (κ3) is 13.7. The molecule has 6 heteroatoms. The second kappa shape index (κ2) is 14.8. The summed E-state index contributed by atoms with van der Waals surface area (Å²) >= 11 is 0. The van der Waals surface area contributed by atoms with Crippen molar-refractivity contribution in [1.82, 2.24) is 5.32 Å². The topological polar surface area (TPSA) is 75.6 Å². The molecule has 1 fully saturated rings. The van der Waals surface area contributed by atoms with Crippen molar-refractivity contribution in [2.24, 2.45) is 0 Å². The monoisotopic (exact) mass is 413 g/mol. The van der Waals surface area contributed by atoms with Crippen LogP contribution in [0.4, 0.5) is 0 Å². The van der Waals surface area contributed by atoms with E-state index in [1.54, 1.807) is 0 Å². The number of carbonyl (C=O) groups excluding carboxylic acids is 1. The predicted molar refractivity (Wildman–Crippen MR) is 117 cm³/mol. The van der Waals surface area contributed by atoms with Crippen LogP contribution in [-0.2, 0) is 14.3 Å². The summed E-state index contributed by atoms with van der Waals surface area (Å²) in [7, 11) is 4.16. The number of likely N-dealkylation sites (N-methyl/N-ethyl adjacent to an activating group) is 1. The number of aliphatic carboxylic acids is 1. The Hall–Kier alpha value is -1.14.